The third-order valence-corrected chi connectivity index (χ3v) is 7.07. The number of aliphatic carboxylic acids is 1. The number of carbonyl (C=O) groups excluding carboxylic acids is 1. The van der Waals surface area contributed by atoms with E-state index in [2.05, 4.69) is 44.2 Å². The number of carboxylic acid groups (broad SMARTS) is 1. The Balaban J connectivity index is 4.15. The van der Waals surface area contributed by atoms with Gasteiger partial charge >= 0.3 is 11.9 Å². The fraction of sp³-hybridized carbons (Fsp3) is 0.771. The molecule has 0 aliphatic rings. The van der Waals surface area contributed by atoms with Gasteiger partial charge in [0.15, 0.2) is 0 Å². The molecule has 0 aliphatic carbocycles. The van der Waals surface area contributed by atoms with E-state index in [-0.39, 0.29) is 18.5 Å². The van der Waals surface area contributed by atoms with Gasteiger partial charge in [0.05, 0.1) is 0 Å². The summed E-state index contributed by atoms with van der Waals surface area (Å²) < 4.78 is 5.82. The first-order valence-corrected chi connectivity index (χ1v) is 16.5. The molecule has 0 rings (SSSR count). The van der Waals surface area contributed by atoms with Gasteiger partial charge in [-0.05, 0) is 76.7 Å². The van der Waals surface area contributed by atoms with Crippen molar-refractivity contribution in [2.75, 3.05) is 0 Å². The highest BCUT2D eigenvalue weighted by Crippen LogP contribution is 2.14. The molecule has 226 valence electrons. The standard InChI is InChI=1S/C35H62O4/c1-3-5-7-9-11-13-14-15-16-18-20-22-28-32-35(38)39-33(30-26-23-24-27-31-34(36)37)29-25-21-19-17-12-10-8-6-4-2/h13-14,17,19,25,29,33H,3-12,15-16,18,20-24,26-28,30-32H2,1-2H3,(H,36,37)/b14-13-,19-17-,29-25-. The molecule has 0 amide bonds. The fourth-order valence-electron chi connectivity index (χ4n) is 4.60. The molecule has 0 heterocycles. The summed E-state index contributed by atoms with van der Waals surface area (Å²) in [7, 11) is 0. The maximum absolute atomic E-state index is 12.5. The van der Waals surface area contributed by atoms with Crippen LogP contribution in [0.1, 0.15) is 168 Å². The van der Waals surface area contributed by atoms with Crippen LogP contribution >= 0.6 is 0 Å². The largest absolute Gasteiger partial charge is 0.481 e. The van der Waals surface area contributed by atoms with Gasteiger partial charge in [0.1, 0.15) is 6.10 Å². The van der Waals surface area contributed by atoms with E-state index < -0.39 is 5.97 Å². The molecule has 0 fully saturated rings. The minimum Gasteiger partial charge on any atom is -0.481 e. The third kappa shape index (κ3) is 30.6. The summed E-state index contributed by atoms with van der Waals surface area (Å²) in [5, 5.41) is 8.79. The number of unbranched alkanes of at least 4 members (excludes halogenated alkanes) is 16. The van der Waals surface area contributed by atoms with Crippen molar-refractivity contribution in [1.82, 2.24) is 0 Å². The highest BCUT2D eigenvalue weighted by molar-refractivity contribution is 5.69. The summed E-state index contributed by atoms with van der Waals surface area (Å²) in [6.45, 7) is 4.49. The van der Waals surface area contributed by atoms with Crippen molar-refractivity contribution in [1.29, 1.82) is 0 Å². The number of carbonyl (C=O) groups is 2. The summed E-state index contributed by atoms with van der Waals surface area (Å²) in [6.07, 6.45) is 38.7. The highest BCUT2D eigenvalue weighted by atomic mass is 16.5. The molecular formula is C35H62O4. The Bertz CT molecular complexity index is 635. The van der Waals surface area contributed by atoms with E-state index >= 15 is 0 Å². The molecule has 0 aromatic rings. The van der Waals surface area contributed by atoms with E-state index in [0.717, 1.165) is 51.4 Å². The molecule has 4 heteroatoms. The second-order valence-corrected chi connectivity index (χ2v) is 11.0. The van der Waals surface area contributed by atoms with Crippen molar-refractivity contribution in [3.63, 3.8) is 0 Å². The number of esters is 1. The van der Waals surface area contributed by atoms with Crippen molar-refractivity contribution >= 4 is 11.9 Å². The SMILES string of the molecule is CCCCCC/C=C\C/C=C\C(CCCCCCC(=O)O)OC(=O)CCCCCCC/C=C\CCCCCC. The molecule has 0 saturated heterocycles. The lowest BCUT2D eigenvalue weighted by Crippen LogP contribution is -2.16. The average molecular weight is 547 g/mol. The molecule has 0 radical (unpaired) electrons. The maximum Gasteiger partial charge on any atom is 0.306 e. The lowest BCUT2D eigenvalue weighted by Gasteiger charge is -2.14. The Morgan fingerprint density at radius 3 is 1.67 bits per heavy atom. The van der Waals surface area contributed by atoms with Crippen molar-refractivity contribution < 1.29 is 19.4 Å². The first-order chi connectivity index (χ1) is 19.1. The molecule has 1 unspecified atom stereocenters. The van der Waals surface area contributed by atoms with E-state index in [1.807, 2.05) is 6.08 Å². The third-order valence-electron chi connectivity index (χ3n) is 7.07. The van der Waals surface area contributed by atoms with E-state index in [0.29, 0.717) is 12.8 Å². The summed E-state index contributed by atoms with van der Waals surface area (Å²) in [5.41, 5.74) is 0. The number of ether oxygens (including phenoxy) is 1. The average Bonchev–Trinajstić information content (AvgIpc) is 2.91. The molecule has 39 heavy (non-hydrogen) atoms. The Labute approximate surface area is 241 Å². The van der Waals surface area contributed by atoms with Crippen LogP contribution in [0.2, 0.25) is 0 Å². The van der Waals surface area contributed by atoms with Gasteiger partial charge < -0.3 is 9.84 Å². The number of carboxylic acids is 1. The summed E-state index contributed by atoms with van der Waals surface area (Å²) >= 11 is 0. The van der Waals surface area contributed by atoms with Crippen LogP contribution in [-0.4, -0.2) is 23.1 Å². The first kappa shape index (κ1) is 37.2. The van der Waals surface area contributed by atoms with Gasteiger partial charge in [0.2, 0.25) is 0 Å². The Morgan fingerprint density at radius 2 is 1.08 bits per heavy atom. The Morgan fingerprint density at radius 1 is 0.590 bits per heavy atom. The molecule has 1 N–H and O–H groups in total. The van der Waals surface area contributed by atoms with Crippen LogP contribution in [0, 0.1) is 0 Å². The molecule has 0 aromatic heterocycles. The van der Waals surface area contributed by atoms with Crippen LogP contribution in [0.4, 0.5) is 0 Å². The van der Waals surface area contributed by atoms with Crippen molar-refractivity contribution in [2.45, 2.75) is 174 Å². The fourth-order valence-corrected chi connectivity index (χ4v) is 4.60. The minimum atomic E-state index is -0.729. The summed E-state index contributed by atoms with van der Waals surface area (Å²) in [6, 6.07) is 0. The number of hydrogen-bond acceptors (Lipinski definition) is 3. The number of allylic oxidation sites excluding steroid dienone is 5. The zero-order valence-corrected chi connectivity index (χ0v) is 25.7. The van der Waals surface area contributed by atoms with E-state index in [9.17, 15) is 9.59 Å². The van der Waals surface area contributed by atoms with Gasteiger partial charge in [0.25, 0.3) is 0 Å². The van der Waals surface area contributed by atoms with Gasteiger partial charge in [-0.25, -0.2) is 0 Å². The topological polar surface area (TPSA) is 63.6 Å². The van der Waals surface area contributed by atoms with Gasteiger partial charge in [0, 0.05) is 12.8 Å². The normalized spacial score (nSPS) is 12.7. The smallest absolute Gasteiger partial charge is 0.306 e. The van der Waals surface area contributed by atoms with E-state index in [4.69, 9.17) is 9.84 Å². The second kappa shape index (κ2) is 30.7. The summed E-state index contributed by atoms with van der Waals surface area (Å²) in [5.74, 6) is -0.818. The molecule has 0 aromatic carbocycles. The van der Waals surface area contributed by atoms with E-state index in [1.54, 1.807) is 0 Å². The van der Waals surface area contributed by atoms with E-state index in [1.165, 1.54) is 83.5 Å². The minimum absolute atomic E-state index is 0.0898. The van der Waals surface area contributed by atoms with Crippen molar-refractivity contribution in [2.24, 2.45) is 0 Å². The molecule has 0 bridgehead atoms. The van der Waals surface area contributed by atoms with Crippen LogP contribution in [0.25, 0.3) is 0 Å². The van der Waals surface area contributed by atoms with Gasteiger partial charge in [-0.15, -0.1) is 0 Å². The first-order valence-electron chi connectivity index (χ1n) is 16.5. The maximum atomic E-state index is 12.5. The molecular weight excluding hydrogens is 484 g/mol. The van der Waals surface area contributed by atoms with Crippen LogP contribution in [0.5, 0.6) is 0 Å². The molecule has 4 nitrogen and oxygen atoms in total. The van der Waals surface area contributed by atoms with Gasteiger partial charge in [-0.2, -0.15) is 0 Å². The molecule has 1 atom stereocenters. The lowest BCUT2D eigenvalue weighted by molar-refractivity contribution is -0.147. The number of hydrogen-bond donors (Lipinski definition) is 1. The quantitative estimate of drug-likeness (QED) is 0.0575. The Kier molecular flexibility index (Phi) is 29.2. The number of rotatable bonds is 29. The highest BCUT2D eigenvalue weighted by Gasteiger charge is 2.11. The zero-order valence-electron chi connectivity index (χ0n) is 25.7. The van der Waals surface area contributed by atoms with Crippen LogP contribution in [0.15, 0.2) is 36.5 Å². The monoisotopic (exact) mass is 546 g/mol. The predicted octanol–water partition coefficient (Wildman–Crippen LogP) is 11.1. The van der Waals surface area contributed by atoms with Crippen LogP contribution < -0.4 is 0 Å². The van der Waals surface area contributed by atoms with Crippen molar-refractivity contribution in [3.05, 3.63) is 36.5 Å². The molecule has 0 aliphatic heterocycles. The summed E-state index contributed by atoms with van der Waals surface area (Å²) in [4.78, 5) is 23.2. The molecule has 0 saturated carbocycles. The molecule has 0 spiro atoms. The van der Waals surface area contributed by atoms with Crippen LogP contribution in [0.3, 0.4) is 0 Å². The zero-order chi connectivity index (χ0) is 28.7. The Hall–Kier alpha value is -1.84. The second-order valence-electron chi connectivity index (χ2n) is 11.0. The van der Waals surface area contributed by atoms with Crippen LogP contribution in [-0.2, 0) is 14.3 Å². The lowest BCUT2D eigenvalue weighted by atomic mass is 10.1. The predicted molar refractivity (Wildman–Crippen MR) is 167 cm³/mol. The van der Waals surface area contributed by atoms with Gasteiger partial charge in [-0.1, -0.05) is 115 Å². The van der Waals surface area contributed by atoms with Gasteiger partial charge in [-0.3, -0.25) is 9.59 Å². The van der Waals surface area contributed by atoms with Crippen molar-refractivity contribution in [3.8, 4) is 0 Å².